The van der Waals surface area contributed by atoms with Crippen LogP contribution in [0.25, 0.3) is 5.69 Å². The predicted octanol–water partition coefficient (Wildman–Crippen LogP) is 2.56. The normalized spacial score (nSPS) is 10.9. The summed E-state index contributed by atoms with van der Waals surface area (Å²) >= 11 is 0. The molecule has 3 heteroatoms. The Labute approximate surface area is 102 Å². The molecule has 0 fully saturated rings. The smallest absolute Gasteiger partial charge is 0.0680 e. The average molecular weight is 229 g/mol. The molecule has 2 rings (SSSR count). The van der Waals surface area contributed by atoms with Gasteiger partial charge in [0.15, 0.2) is 0 Å². The summed E-state index contributed by atoms with van der Waals surface area (Å²) in [5, 5.41) is 4.59. The highest BCUT2D eigenvalue weighted by molar-refractivity contribution is 5.45. The van der Waals surface area contributed by atoms with E-state index in [1.807, 2.05) is 11.6 Å². The van der Waals surface area contributed by atoms with Gasteiger partial charge in [-0.25, -0.2) is 4.68 Å². The van der Waals surface area contributed by atoms with Crippen LogP contribution in [0.15, 0.2) is 18.2 Å². The zero-order valence-electron chi connectivity index (χ0n) is 10.9. The van der Waals surface area contributed by atoms with Crippen molar-refractivity contribution in [3.8, 4) is 5.69 Å². The van der Waals surface area contributed by atoms with Crippen molar-refractivity contribution in [2.24, 2.45) is 5.73 Å². The minimum atomic E-state index is 0.544. The van der Waals surface area contributed by atoms with Gasteiger partial charge in [-0.3, -0.25) is 0 Å². The van der Waals surface area contributed by atoms with Crippen LogP contribution in [0.2, 0.25) is 0 Å². The second kappa shape index (κ2) is 4.34. The molecule has 17 heavy (non-hydrogen) atoms. The van der Waals surface area contributed by atoms with Gasteiger partial charge in [0.05, 0.1) is 11.4 Å². The molecule has 2 aromatic rings. The molecule has 1 heterocycles. The van der Waals surface area contributed by atoms with Crippen LogP contribution < -0.4 is 5.73 Å². The van der Waals surface area contributed by atoms with Crippen molar-refractivity contribution in [3.05, 3.63) is 46.3 Å². The van der Waals surface area contributed by atoms with Crippen molar-refractivity contribution >= 4 is 0 Å². The summed E-state index contributed by atoms with van der Waals surface area (Å²) in [5.74, 6) is 0. The van der Waals surface area contributed by atoms with E-state index in [1.165, 1.54) is 11.1 Å². The van der Waals surface area contributed by atoms with E-state index in [1.54, 1.807) is 0 Å². The molecule has 0 aliphatic rings. The first kappa shape index (κ1) is 11.9. The summed E-state index contributed by atoms with van der Waals surface area (Å²) in [6.07, 6.45) is 0. The SMILES string of the molecule is Cc1ccc(C)c(-n2nc(C)c(CN)c2C)c1. The van der Waals surface area contributed by atoms with E-state index in [0.29, 0.717) is 6.54 Å². The Bertz CT molecular complexity index is 553. The van der Waals surface area contributed by atoms with Crippen molar-refractivity contribution in [3.63, 3.8) is 0 Å². The number of hydrogen-bond donors (Lipinski definition) is 1. The number of rotatable bonds is 2. The van der Waals surface area contributed by atoms with Gasteiger partial charge in [0, 0.05) is 17.8 Å². The van der Waals surface area contributed by atoms with Crippen LogP contribution in [-0.2, 0) is 6.54 Å². The number of benzene rings is 1. The van der Waals surface area contributed by atoms with Crippen LogP contribution >= 0.6 is 0 Å². The van der Waals surface area contributed by atoms with E-state index in [9.17, 15) is 0 Å². The third kappa shape index (κ3) is 1.98. The van der Waals surface area contributed by atoms with E-state index >= 15 is 0 Å². The van der Waals surface area contributed by atoms with Crippen LogP contribution in [0, 0.1) is 27.7 Å². The molecule has 1 aromatic carbocycles. The molecule has 1 aromatic heterocycles. The van der Waals surface area contributed by atoms with Crippen molar-refractivity contribution in [2.45, 2.75) is 34.2 Å². The van der Waals surface area contributed by atoms with E-state index in [-0.39, 0.29) is 0 Å². The summed E-state index contributed by atoms with van der Waals surface area (Å²) in [6.45, 7) is 8.83. The van der Waals surface area contributed by atoms with E-state index in [4.69, 9.17) is 5.73 Å². The van der Waals surface area contributed by atoms with Crippen molar-refractivity contribution < 1.29 is 0 Å². The standard InChI is InChI=1S/C14H19N3/c1-9-5-6-10(2)14(7-9)17-12(4)13(8-15)11(3)16-17/h5-7H,8,15H2,1-4H3. The zero-order chi connectivity index (χ0) is 12.6. The fraction of sp³-hybridized carbons (Fsp3) is 0.357. The Morgan fingerprint density at radius 3 is 2.47 bits per heavy atom. The van der Waals surface area contributed by atoms with Gasteiger partial charge in [0.25, 0.3) is 0 Å². The highest BCUT2D eigenvalue weighted by atomic mass is 15.3. The molecule has 2 N–H and O–H groups in total. The summed E-state index contributed by atoms with van der Waals surface area (Å²) in [6, 6.07) is 6.41. The molecule has 3 nitrogen and oxygen atoms in total. The van der Waals surface area contributed by atoms with Crippen LogP contribution in [-0.4, -0.2) is 9.78 Å². The van der Waals surface area contributed by atoms with E-state index < -0.39 is 0 Å². The molecule has 0 aliphatic carbocycles. The minimum absolute atomic E-state index is 0.544. The number of aryl methyl sites for hydroxylation is 3. The first-order chi connectivity index (χ1) is 8.04. The van der Waals surface area contributed by atoms with Crippen LogP contribution in [0.5, 0.6) is 0 Å². The summed E-state index contributed by atoms with van der Waals surface area (Å²) in [7, 11) is 0. The fourth-order valence-electron chi connectivity index (χ4n) is 2.15. The summed E-state index contributed by atoms with van der Waals surface area (Å²) in [5.41, 5.74) is 12.7. The molecule has 0 atom stereocenters. The molecule has 0 saturated carbocycles. The molecule has 0 unspecified atom stereocenters. The Morgan fingerprint density at radius 2 is 1.88 bits per heavy atom. The zero-order valence-corrected chi connectivity index (χ0v) is 10.9. The lowest BCUT2D eigenvalue weighted by atomic mass is 10.1. The van der Waals surface area contributed by atoms with Crippen LogP contribution in [0.1, 0.15) is 28.1 Å². The Kier molecular flexibility index (Phi) is 3.03. The number of aromatic nitrogens is 2. The van der Waals surface area contributed by atoms with Gasteiger partial charge >= 0.3 is 0 Å². The van der Waals surface area contributed by atoms with Gasteiger partial charge in [0.2, 0.25) is 0 Å². The largest absolute Gasteiger partial charge is 0.326 e. The predicted molar refractivity (Wildman–Crippen MR) is 70.4 cm³/mol. The molecule has 90 valence electrons. The lowest BCUT2D eigenvalue weighted by molar-refractivity contribution is 0.825. The third-order valence-electron chi connectivity index (χ3n) is 3.24. The second-order valence-electron chi connectivity index (χ2n) is 4.56. The molecular formula is C14H19N3. The number of nitrogens with two attached hydrogens (primary N) is 1. The minimum Gasteiger partial charge on any atom is -0.326 e. The third-order valence-corrected chi connectivity index (χ3v) is 3.24. The lowest BCUT2D eigenvalue weighted by Crippen LogP contribution is -2.03. The fourth-order valence-corrected chi connectivity index (χ4v) is 2.15. The number of hydrogen-bond acceptors (Lipinski definition) is 2. The van der Waals surface area contributed by atoms with Gasteiger partial charge in [-0.1, -0.05) is 12.1 Å². The topological polar surface area (TPSA) is 43.8 Å². The van der Waals surface area contributed by atoms with Crippen molar-refractivity contribution in [1.29, 1.82) is 0 Å². The second-order valence-corrected chi connectivity index (χ2v) is 4.56. The summed E-state index contributed by atoms with van der Waals surface area (Å²) in [4.78, 5) is 0. The van der Waals surface area contributed by atoms with Gasteiger partial charge in [0.1, 0.15) is 0 Å². The molecule has 0 bridgehead atoms. The maximum atomic E-state index is 5.76. The Morgan fingerprint density at radius 1 is 1.18 bits per heavy atom. The molecule has 0 amide bonds. The van der Waals surface area contributed by atoms with Gasteiger partial charge in [-0.2, -0.15) is 5.10 Å². The first-order valence-electron chi connectivity index (χ1n) is 5.87. The Hall–Kier alpha value is -1.61. The number of nitrogens with zero attached hydrogens (tertiary/aromatic N) is 2. The van der Waals surface area contributed by atoms with E-state index in [2.05, 4.69) is 44.1 Å². The van der Waals surface area contributed by atoms with E-state index in [0.717, 1.165) is 22.6 Å². The van der Waals surface area contributed by atoms with Crippen molar-refractivity contribution in [2.75, 3.05) is 0 Å². The monoisotopic (exact) mass is 229 g/mol. The summed E-state index contributed by atoms with van der Waals surface area (Å²) < 4.78 is 2.00. The van der Waals surface area contributed by atoms with Crippen LogP contribution in [0.3, 0.4) is 0 Å². The van der Waals surface area contributed by atoms with Crippen molar-refractivity contribution in [1.82, 2.24) is 9.78 Å². The Balaban J connectivity index is 2.64. The quantitative estimate of drug-likeness (QED) is 0.860. The van der Waals surface area contributed by atoms with Gasteiger partial charge in [-0.05, 0) is 44.9 Å². The maximum absolute atomic E-state index is 5.76. The molecule has 0 aliphatic heterocycles. The highest BCUT2D eigenvalue weighted by Gasteiger charge is 2.12. The van der Waals surface area contributed by atoms with Gasteiger partial charge in [-0.15, -0.1) is 0 Å². The van der Waals surface area contributed by atoms with Crippen LogP contribution in [0.4, 0.5) is 0 Å². The molecule has 0 radical (unpaired) electrons. The maximum Gasteiger partial charge on any atom is 0.0680 e. The molecular weight excluding hydrogens is 210 g/mol. The molecule has 0 saturated heterocycles. The average Bonchev–Trinajstić information content (AvgIpc) is 2.57. The first-order valence-corrected chi connectivity index (χ1v) is 5.87. The van der Waals surface area contributed by atoms with Gasteiger partial charge < -0.3 is 5.73 Å². The highest BCUT2D eigenvalue weighted by Crippen LogP contribution is 2.21. The molecule has 0 spiro atoms. The lowest BCUT2D eigenvalue weighted by Gasteiger charge is -2.09.